The van der Waals surface area contributed by atoms with Crippen molar-refractivity contribution in [2.24, 2.45) is 0 Å². The normalized spacial score (nSPS) is 18.2. The fraction of sp³-hybridized carbons (Fsp3) is 0.357. The number of hydrogen-bond donors (Lipinski definition) is 1. The molecule has 4 heteroatoms. The van der Waals surface area contributed by atoms with E-state index in [0.717, 1.165) is 37.6 Å². The Morgan fingerprint density at radius 1 is 1.33 bits per heavy atom. The standard InChI is InChI=1S/C14H14N2OS/c1-2-13-10(3-4-17-13)5-9(1)12-8-18-14(16-12)11-6-15-7-11/h1-2,5,8,11,15H,3-4,6-7H2. The van der Waals surface area contributed by atoms with Gasteiger partial charge in [0.25, 0.3) is 0 Å². The first-order valence-electron chi connectivity index (χ1n) is 6.32. The van der Waals surface area contributed by atoms with Gasteiger partial charge in [0, 0.05) is 36.4 Å². The monoisotopic (exact) mass is 258 g/mol. The maximum absolute atomic E-state index is 5.53. The molecule has 0 atom stereocenters. The highest BCUT2D eigenvalue weighted by Crippen LogP contribution is 2.32. The molecule has 3 heterocycles. The SMILES string of the molecule is c1cc2c(cc1-c1csc(C3CNC3)n1)CCO2. The summed E-state index contributed by atoms with van der Waals surface area (Å²) in [5.41, 5.74) is 3.64. The summed E-state index contributed by atoms with van der Waals surface area (Å²) < 4.78 is 5.53. The summed E-state index contributed by atoms with van der Waals surface area (Å²) in [4.78, 5) is 4.77. The maximum Gasteiger partial charge on any atom is 0.122 e. The third-order valence-corrected chi connectivity index (χ3v) is 4.65. The second-order valence-corrected chi connectivity index (χ2v) is 5.74. The molecule has 18 heavy (non-hydrogen) atoms. The highest BCUT2D eigenvalue weighted by atomic mass is 32.1. The molecule has 1 aromatic heterocycles. The van der Waals surface area contributed by atoms with E-state index in [4.69, 9.17) is 9.72 Å². The van der Waals surface area contributed by atoms with E-state index >= 15 is 0 Å². The molecule has 1 saturated heterocycles. The summed E-state index contributed by atoms with van der Waals surface area (Å²) in [6, 6.07) is 6.41. The zero-order valence-electron chi connectivity index (χ0n) is 9.98. The van der Waals surface area contributed by atoms with E-state index in [-0.39, 0.29) is 0 Å². The molecule has 2 aliphatic rings. The molecule has 2 aliphatic heterocycles. The lowest BCUT2D eigenvalue weighted by Gasteiger charge is -2.24. The van der Waals surface area contributed by atoms with Gasteiger partial charge >= 0.3 is 0 Å². The van der Waals surface area contributed by atoms with Crippen LogP contribution < -0.4 is 10.1 Å². The Labute approximate surface area is 110 Å². The Morgan fingerprint density at radius 3 is 3.11 bits per heavy atom. The molecular formula is C14H14N2OS. The molecule has 0 radical (unpaired) electrons. The van der Waals surface area contributed by atoms with E-state index in [1.807, 2.05) is 0 Å². The van der Waals surface area contributed by atoms with Crippen LogP contribution in [-0.4, -0.2) is 24.7 Å². The van der Waals surface area contributed by atoms with E-state index in [1.165, 1.54) is 16.1 Å². The van der Waals surface area contributed by atoms with Gasteiger partial charge in [-0.05, 0) is 23.8 Å². The smallest absolute Gasteiger partial charge is 0.122 e. The Hall–Kier alpha value is -1.39. The van der Waals surface area contributed by atoms with E-state index in [2.05, 4.69) is 28.9 Å². The van der Waals surface area contributed by atoms with E-state index in [0.29, 0.717) is 5.92 Å². The van der Waals surface area contributed by atoms with Crippen LogP contribution in [0.25, 0.3) is 11.3 Å². The van der Waals surface area contributed by atoms with Crippen molar-refractivity contribution in [2.75, 3.05) is 19.7 Å². The molecule has 3 nitrogen and oxygen atoms in total. The number of rotatable bonds is 2. The molecule has 0 unspecified atom stereocenters. The first-order chi connectivity index (χ1) is 8.90. The highest BCUT2D eigenvalue weighted by Gasteiger charge is 2.22. The van der Waals surface area contributed by atoms with E-state index in [9.17, 15) is 0 Å². The summed E-state index contributed by atoms with van der Waals surface area (Å²) in [6.07, 6.45) is 1.02. The summed E-state index contributed by atoms with van der Waals surface area (Å²) in [5, 5.41) is 6.73. The lowest BCUT2D eigenvalue weighted by Crippen LogP contribution is -2.39. The van der Waals surface area contributed by atoms with Gasteiger partial charge in [-0.3, -0.25) is 0 Å². The maximum atomic E-state index is 5.53. The van der Waals surface area contributed by atoms with Crippen LogP contribution in [-0.2, 0) is 6.42 Å². The molecule has 1 N–H and O–H groups in total. The second kappa shape index (κ2) is 4.07. The molecule has 0 saturated carbocycles. The van der Waals surface area contributed by atoms with E-state index < -0.39 is 0 Å². The molecule has 0 bridgehead atoms. The Balaban J connectivity index is 1.67. The van der Waals surface area contributed by atoms with Crippen LogP contribution in [0.3, 0.4) is 0 Å². The lowest BCUT2D eigenvalue weighted by atomic mass is 10.0. The van der Waals surface area contributed by atoms with Gasteiger partial charge in [-0.25, -0.2) is 4.98 Å². The van der Waals surface area contributed by atoms with Crippen molar-refractivity contribution in [1.29, 1.82) is 0 Å². The zero-order valence-corrected chi connectivity index (χ0v) is 10.8. The summed E-state index contributed by atoms with van der Waals surface area (Å²) in [7, 11) is 0. The predicted molar refractivity (Wildman–Crippen MR) is 72.4 cm³/mol. The molecule has 2 aromatic rings. The molecule has 4 rings (SSSR count). The van der Waals surface area contributed by atoms with Crippen LogP contribution in [0.5, 0.6) is 5.75 Å². The number of hydrogen-bond acceptors (Lipinski definition) is 4. The lowest BCUT2D eigenvalue weighted by molar-refractivity contribution is 0.357. The second-order valence-electron chi connectivity index (χ2n) is 4.85. The molecule has 0 amide bonds. The van der Waals surface area contributed by atoms with Crippen LogP contribution in [0, 0.1) is 0 Å². The number of nitrogens with one attached hydrogen (secondary N) is 1. The number of thiazole rings is 1. The van der Waals surface area contributed by atoms with Gasteiger partial charge in [0.2, 0.25) is 0 Å². The summed E-state index contributed by atoms with van der Waals surface area (Å²) in [6.45, 7) is 2.96. The minimum atomic E-state index is 0.626. The molecule has 92 valence electrons. The Kier molecular flexibility index (Phi) is 2.38. The minimum Gasteiger partial charge on any atom is -0.493 e. The number of ether oxygens (including phenoxy) is 1. The van der Waals surface area contributed by atoms with Gasteiger partial charge < -0.3 is 10.1 Å². The Morgan fingerprint density at radius 2 is 2.28 bits per heavy atom. The van der Waals surface area contributed by atoms with Gasteiger partial charge in [-0.15, -0.1) is 11.3 Å². The summed E-state index contributed by atoms with van der Waals surface area (Å²) >= 11 is 1.78. The van der Waals surface area contributed by atoms with Crippen LogP contribution in [0.1, 0.15) is 16.5 Å². The predicted octanol–water partition coefficient (Wildman–Crippen LogP) is 2.43. The van der Waals surface area contributed by atoms with Crippen molar-refractivity contribution < 1.29 is 4.74 Å². The number of aromatic nitrogens is 1. The van der Waals surface area contributed by atoms with Gasteiger partial charge in [0.05, 0.1) is 17.3 Å². The summed E-state index contributed by atoms with van der Waals surface area (Å²) in [5.74, 6) is 1.67. The van der Waals surface area contributed by atoms with Crippen LogP contribution >= 0.6 is 11.3 Å². The quantitative estimate of drug-likeness (QED) is 0.898. The highest BCUT2D eigenvalue weighted by molar-refractivity contribution is 7.10. The topological polar surface area (TPSA) is 34.2 Å². The first-order valence-corrected chi connectivity index (χ1v) is 7.20. The first kappa shape index (κ1) is 10.5. The molecule has 0 aliphatic carbocycles. The molecule has 1 fully saturated rings. The van der Waals surface area contributed by atoms with Crippen molar-refractivity contribution in [2.45, 2.75) is 12.3 Å². The van der Waals surface area contributed by atoms with Crippen molar-refractivity contribution in [1.82, 2.24) is 10.3 Å². The fourth-order valence-corrected chi connectivity index (χ4v) is 3.35. The zero-order chi connectivity index (χ0) is 11.9. The number of fused-ring (bicyclic) bond motifs is 1. The van der Waals surface area contributed by atoms with Gasteiger partial charge in [0.15, 0.2) is 0 Å². The molecular weight excluding hydrogens is 244 g/mol. The Bertz CT molecular complexity index is 589. The largest absolute Gasteiger partial charge is 0.493 e. The number of benzene rings is 1. The van der Waals surface area contributed by atoms with Gasteiger partial charge in [-0.1, -0.05) is 0 Å². The number of nitrogens with zero attached hydrogens (tertiary/aromatic N) is 1. The third-order valence-electron chi connectivity index (χ3n) is 3.64. The molecule has 0 spiro atoms. The third kappa shape index (κ3) is 1.64. The van der Waals surface area contributed by atoms with Crippen LogP contribution in [0.15, 0.2) is 23.6 Å². The van der Waals surface area contributed by atoms with Gasteiger partial charge in [-0.2, -0.15) is 0 Å². The van der Waals surface area contributed by atoms with Crippen LogP contribution in [0.2, 0.25) is 0 Å². The molecule has 1 aromatic carbocycles. The minimum absolute atomic E-state index is 0.626. The van der Waals surface area contributed by atoms with Crippen molar-refractivity contribution in [3.05, 3.63) is 34.2 Å². The van der Waals surface area contributed by atoms with E-state index in [1.54, 1.807) is 11.3 Å². The van der Waals surface area contributed by atoms with Crippen LogP contribution in [0.4, 0.5) is 0 Å². The van der Waals surface area contributed by atoms with Crippen molar-refractivity contribution in [3.8, 4) is 17.0 Å². The van der Waals surface area contributed by atoms with Crippen molar-refractivity contribution in [3.63, 3.8) is 0 Å². The van der Waals surface area contributed by atoms with Gasteiger partial charge in [0.1, 0.15) is 5.75 Å². The average Bonchev–Trinajstić information content (AvgIpc) is 2.93. The fourth-order valence-electron chi connectivity index (χ4n) is 2.42. The average molecular weight is 258 g/mol. The van der Waals surface area contributed by atoms with Crippen molar-refractivity contribution >= 4 is 11.3 Å².